The van der Waals surface area contributed by atoms with Crippen molar-refractivity contribution in [3.05, 3.63) is 106 Å². The maximum Gasteiger partial charge on any atom is 0.251 e. The van der Waals surface area contributed by atoms with Crippen LogP contribution in [0.4, 0.5) is 8.78 Å². The number of amides is 2. The lowest BCUT2D eigenvalue weighted by molar-refractivity contribution is 0.0829. The lowest BCUT2D eigenvalue weighted by Crippen LogP contribution is -2.48. The summed E-state index contributed by atoms with van der Waals surface area (Å²) in [5.41, 5.74) is 3.99. The Morgan fingerprint density at radius 1 is 0.907 bits per heavy atom. The summed E-state index contributed by atoms with van der Waals surface area (Å²) in [5.74, 6) is -1.78. The first-order chi connectivity index (χ1) is 20.6. The molecule has 1 aliphatic rings. The van der Waals surface area contributed by atoms with Crippen molar-refractivity contribution in [1.29, 1.82) is 0 Å². The molecule has 1 saturated carbocycles. The second-order valence-electron chi connectivity index (χ2n) is 11.9. The molecule has 43 heavy (non-hydrogen) atoms. The maximum absolute atomic E-state index is 14.0. The van der Waals surface area contributed by atoms with Gasteiger partial charge in [-0.1, -0.05) is 51.0 Å². The first-order valence-electron chi connectivity index (χ1n) is 15.3. The number of hydrogen-bond acceptors (Lipinski definition) is 4. The van der Waals surface area contributed by atoms with E-state index < -0.39 is 29.7 Å². The maximum atomic E-state index is 14.0. The van der Waals surface area contributed by atoms with Gasteiger partial charge in [-0.05, 0) is 91.1 Å². The highest BCUT2D eigenvalue weighted by Crippen LogP contribution is 2.24. The Morgan fingerprint density at radius 2 is 1.58 bits per heavy atom. The van der Waals surface area contributed by atoms with E-state index in [1.807, 2.05) is 19.1 Å². The van der Waals surface area contributed by atoms with E-state index >= 15 is 0 Å². The molecule has 0 radical (unpaired) electrons. The summed E-state index contributed by atoms with van der Waals surface area (Å²) in [6, 6.07) is 15.5. The highest BCUT2D eigenvalue weighted by Gasteiger charge is 2.26. The summed E-state index contributed by atoms with van der Waals surface area (Å²) in [4.78, 5) is 26.6. The highest BCUT2D eigenvalue weighted by atomic mass is 19.1. The zero-order valence-corrected chi connectivity index (χ0v) is 25.3. The molecule has 230 valence electrons. The lowest BCUT2D eigenvalue weighted by atomic mass is 9.86. The number of rotatable bonds is 12. The van der Waals surface area contributed by atoms with Crippen molar-refractivity contribution in [2.24, 2.45) is 5.92 Å². The van der Waals surface area contributed by atoms with Crippen LogP contribution in [0.15, 0.2) is 60.7 Å². The third kappa shape index (κ3) is 9.43. The molecule has 0 spiro atoms. The van der Waals surface area contributed by atoms with Crippen molar-refractivity contribution >= 4 is 11.8 Å². The second kappa shape index (κ2) is 15.2. The Hall–Kier alpha value is -3.62. The van der Waals surface area contributed by atoms with E-state index in [1.165, 1.54) is 24.1 Å². The summed E-state index contributed by atoms with van der Waals surface area (Å²) >= 11 is 0. The summed E-state index contributed by atoms with van der Waals surface area (Å²) in [7, 11) is 0. The minimum atomic E-state index is -1.06. The molecule has 2 unspecified atom stereocenters. The van der Waals surface area contributed by atoms with Gasteiger partial charge in [-0.3, -0.25) is 9.59 Å². The van der Waals surface area contributed by atoms with Crippen LogP contribution in [-0.4, -0.2) is 41.7 Å². The molecule has 0 bridgehead atoms. The topological polar surface area (TPSA) is 90.5 Å². The van der Waals surface area contributed by atoms with Gasteiger partial charge in [0.25, 0.3) is 11.8 Å². The van der Waals surface area contributed by atoms with Crippen molar-refractivity contribution in [3.63, 3.8) is 0 Å². The van der Waals surface area contributed by atoms with E-state index in [-0.39, 0.29) is 30.5 Å². The van der Waals surface area contributed by atoms with Crippen LogP contribution >= 0.6 is 0 Å². The molecule has 1 fully saturated rings. The predicted octanol–water partition coefficient (Wildman–Crippen LogP) is 5.64. The molecule has 0 aliphatic heterocycles. The van der Waals surface area contributed by atoms with E-state index in [0.29, 0.717) is 23.6 Å². The van der Waals surface area contributed by atoms with Crippen LogP contribution < -0.4 is 16.0 Å². The summed E-state index contributed by atoms with van der Waals surface area (Å²) < 4.78 is 28.0. The van der Waals surface area contributed by atoms with Crippen molar-refractivity contribution < 1.29 is 23.5 Å². The Bertz CT molecular complexity index is 1390. The molecule has 0 heterocycles. The Morgan fingerprint density at radius 3 is 2.28 bits per heavy atom. The standard InChI is InChI=1S/C35H43F2N3O3/c1-4-24-9-7-10-25(14-24)20-38-21-33(41)32(17-26-15-29(36)19-30(37)16-26)40-35(43)28-13-22(2)12-27(18-28)34(42)39-31-11-6-5-8-23(31)3/h7,9-10,12-16,18-19,23,31-33,38,41H,4-6,8,11,17,20-21H2,1-3H3,(H,39,42)(H,40,43)/t23?,31?,32-,33+/m0/s1. The fourth-order valence-electron chi connectivity index (χ4n) is 5.81. The Labute approximate surface area is 253 Å². The van der Waals surface area contributed by atoms with Gasteiger partial charge < -0.3 is 21.1 Å². The molecule has 0 saturated heterocycles. The van der Waals surface area contributed by atoms with Gasteiger partial charge in [0, 0.05) is 36.3 Å². The molecule has 2 amide bonds. The number of halogens is 2. The third-order valence-corrected chi connectivity index (χ3v) is 8.27. The average molecular weight is 592 g/mol. The lowest BCUT2D eigenvalue weighted by Gasteiger charge is -2.29. The van der Waals surface area contributed by atoms with Gasteiger partial charge in [-0.15, -0.1) is 0 Å². The van der Waals surface area contributed by atoms with E-state index in [9.17, 15) is 23.5 Å². The van der Waals surface area contributed by atoms with Crippen LogP contribution in [-0.2, 0) is 19.4 Å². The molecular weight excluding hydrogens is 548 g/mol. The van der Waals surface area contributed by atoms with E-state index in [1.54, 1.807) is 18.2 Å². The smallest absolute Gasteiger partial charge is 0.251 e. The van der Waals surface area contributed by atoms with Crippen molar-refractivity contribution in [1.82, 2.24) is 16.0 Å². The normalized spacial score (nSPS) is 18.1. The summed E-state index contributed by atoms with van der Waals surface area (Å²) in [5, 5.41) is 20.4. The fraction of sp³-hybridized carbons (Fsp3) is 0.429. The number of aliphatic hydroxyl groups is 1. The first-order valence-corrected chi connectivity index (χ1v) is 15.3. The van der Waals surface area contributed by atoms with Gasteiger partial charge in [0.05, 0.1) is 12.1 Å². The SMILES string of the molecule is CCc1cccc(CNC[C@@H](O)[C@H](Cc2cc(F)cc(F)c2)NC(=O)c2cc(C)cc(C(=O)NC3CCCCC3C)c2)c1. The van der Waals surface area contributed by atoms with Gasteiger partial charge in [0.15, 0.2) is 0 Å². The molecule has 6 nitrogen and oxygen atoms in total. The van der Waals surface area contributed by atoms with Gasteiger partial charge in [0.2, 0.25) is 0 Å². The number of nitrogens with one attached hydrogen (secondary N) is 3. The second-order valence-corrected chi connectivity index (χ2v) is 11.9. The summed E-state index contributed by atoms with van der Waals surface area (Å²) in [6.45, 7) is 6.69. The number of aryl methyl sites for hydroxylation is 2. The van der Waals surface area contributed by atoms with Crippen LogP contribution in [0.2, 0.25) is 0 Å². The van der Waals surface area contributed by atoms with Crippen LogP contribution in [0, 0.1) is 24.5 Å². The highest BCUT2D eigenvalue weighted by molar-refractivity contribution is 6.00. The van der Waals surface area contributed by atoms with Crippen molar-refractivity contribution in [2.75, 3.05) is 6.54 Å². The number of aliphatic hydroxyl groups excluding tert-OH is 1. The van der Waals surface area contributed by atoms with Gasteiger partial charge in [0.1, 0.15) is 11.6 Å². The van der Waals surface area contributed by atoms with Crippen LogP contribution in [0.5, 0.6) is 0 Å². The molecule has 4 atom stereocenters. The van der Waals surface area contributed by atoms with E-state index in [0.717, 1.165) is 42.9 Å². The first kappa shape index (κ1) is 32.3. The number of benzene rings is 3. The number of carbonyl (C=O) groups excluding carboxylic acids is 2. The fourth-order valence-corrected chi connectivity index (χ4v) is 5.81. The van der Waals surface area contributed by atoms with Crippen LogP contribution in [0.25, 0.3) is 0 Å². The van der Waals surface area contributed by atoms with Gasteiger partial charge in [-0.2, -0.15) is 0 Å². The zero-order chi connectivity index (χ0) is 30.9. The number of hydrogen-bond donors (Lipinski definition) is 4. The molecule has 4 N–H and O–H groups in total. The summed E-state index contributed by atoms with van der Waals surface area (Å²) in [6.07, 6.45) is 4.11. The molecule has 4 rings (SSSR count). The van der Waals surface area contributed by atoms with E-state index in [2.05, 4.69) is 41.9 Å². The zero-order valence-electron chi connectivity index (χ0n) is 25.3. The Kier molecular flexibility index (Phi) is 11.4. The van der Waals surface area contributed by atoms with E-state index in [4.69, 9.17) is 0 Å². The van der Waals surface area contributed by atoms with Gasteiger partial charge in [-0.25, -0.2) is 8.78 Å². The van der Waals surface area contributed by atoms with Crippen LogP contribution in [0.3, 0.4) is 0 Å². The molecule has 0 aromatic heterocycles. The molecular formula is C35H43F2N3O3. The average Bonchev–Trinajstić information content (AvgIpc) is 2.97. The van der Waals surface area contributed by atoms with Crippen LogP contribution in [0.1, 0.15) is 82.5 Å². The number of carbonyl (C=O) groups is 2. The molecule has 8 heteroatoms. The minimum absolute atomic E-state index is 0.00726. The monoisotopic (exact) mass is 591 g/mol. The van der Waals surface area contributed by atoms with Crippen molar-refractivity contribution in [2.45, 2.75) is 84.0 Å². The predicted molar refractivity (Wildman–Crippen MR) is 165 cm³/mol. The minimum Gasteiger partial charge on any atom is -0.390 e. The molecule has 3 aromatic rings. The van der Waals surface area contributed by atoms with Gasteiger partial charge >= 0.3 is 0 Å². The quantitative estimate of drug-likeness (QED) is 0.220. The molecule has 3 aromatic carbocycles. The molecule has 1 aliphatic carbocycles. The Balaban J connectivity index is 1.48. The third-order valence-electron chi connectivity index (χ3n) is 8.27. The van der Waals surface area contributed by atoms with Crippen molar-refractivity contribution in [3.8, 4) is 0 Å². The largest absolute Gasteiger partial charge is 0.390 e.